The number of aliphatic hydroxyl groups excluding tert-OH is 1. The summed E-state index contributed by atoms with van der Waals surface area (Å²) in [4.78, 5) is 11.2. The van der Waals surface area contributed by atoms with Crippen molar-refractivity contribution in [3.05, 3.63) is 0 Å². The van der Waals surface area contributed by atoms with Crippen LogP contribution in [-0.2, 0) is 14.3 Å². The summed E-state index contributed by atoms with van der Waals surface area (Å²) in [5, 5.41) is 12.2. The van der Waals surface area contributed by atoms with Gasteiger partial charge in [-0.05, 0) is 11.8 Å². The number of ether oxygens (including phenoxy) is 2. The number of carbonyl (C=O) groups excluding carboxylic acids is 1. The SMILES string of the molecule is [2H]C([3H])OCC1O[C@@H](CO)[C@H](NC(C)=O)[C@@H](C)[C@@H]1C. The molecule has 0 spiro atoms. The summed E-state index contributed by atoms with van der Waals surface area (Å²) in [6.07, 6.45) is -0.769. The average Bonchev–Trinajstić information content (AvgIpc) is 2.33. The first-order valence-corrected chi connectivity index (χ1v) is 5.86. The summed E-state index contributed by atoms with van der Waals surface area (Å²) < 4.78 is 24.7. The number of aliphatic hydroxyl groups is 1. The van der Waals surface area contributed by atoms with E-state index < -0.39 is 13.2 Å². The topological polar surface area (TPSA) is 67.8 Å². The van der Waals surface area contributed by atoms with Gasteiger partial charge >= 0.3 is 0 Å². The van der Waals surface area contributed by atoms with Gasteiger partial charge in [-0.2, -0.15) is 0 Å². The van der Waals surface area contributed by atoms with Gasteiger partial charge in [-0.25, -0.2) is 0 Å². The van der Waals surface area contributed by atoms with Crippen molar-refractivity contribution in [2.45, 2.75) is 39.0 Å². The van der Waals surface area contributed by atoms with E-state index in [2.05, 4.69) is 5.32 Å². The van der Waals surface area contributed by atoms with E-state index in [1.165, 1.54) is 6.92 Å². The van der Waals surface area contributed by atoms with E-state index in [1.807, 2.05) is 13.8 Å². The van der Waals surface area contributed by atoms with Crippen molar-refractivity contribution in [3.63, 3.8) is 0 Å². The van der Waals surface area contributed by atoms with Crippen LogP contribution in [0.3, 0.4) is 0 Å². The normalized spacial score (nSPS) is 41.3. The van der Waals surface area contributed by atoms with E-state index in [9.17, 15) is 9.90 Å². The van der Waals surface area contributed by atoms with Crippen LogP contribution in [0.15, 0.2) is 0 Å². The monoisotopic (exact) mass is 248 g/mol. The molecule has 1 aliphatic heterocycles. The summed E-state index contributed by atoms with van der Waals surface area (Å²) in [6, 6.07) is -0.239. The molecule has 1 amide bonds. The van der Waals surface area contributed by atoms with Crippen molar-refractivity contribution in [1.82, 2.24) is 5.32 Å². The Bertz CT molecular complexity index is 301. The van der Waals surface area contributed by atoms with Crippen LogP contribution in [0.5, 0.6) is 0 Å². The number of carbonyl (C=O) groups is 1. The van der Waals surface area contributed by atoms with E-state index in [4.69, 9.17) is 12.2 Å². The second-order valence-corrected chi connectivity index (χ2v) is 4.67. The Morgan fingerprint density at radius 2 is 2.29 bits per heavy atom. The number of hydrogen-bond donors (Lipinski definition) is 2. The Morgan fingerprint density at radius 1 is 1.59 bits per heavy atom. The van der Waals surface area contributed by atoms with Gasteiger partial charge < -0.3 is 19.9 Å². The lowest BCUT2D eigenvalue weighted by Gasteiger charge is -2.44. The molecule has 5 heteroatoms. The minimum atomic E-state index is -1.34. The minimum Gasteiger partial charge on any atom is -0.394 e. The Hall–Kier alpha value is -0.650. The predicted octanol–water partition coefficient (Wildman–Crippen LogP) is 0.169. The van der Waals surface area contributed by atoms with Gasteiger partial charge in [0.1, 0.15) is 6.10 Å². The number of nitrogens with one attached hydrogen (secondary N) is 1. The first-order valence-electron chi connectivity index (χ1n) is 7.01. The Labute approximate surface area is 105 Å². The van der Waals surface area contributed by atoms with Crippen LogP contribution in [-0.4, -0.2) is 49.5 Å². The van der Waals surface area contributed by atoms with Gasteiger partial charge in [0.15, 0.2) is 0 Å². The van der Waals surface area contributed by atoms with Crippen LogP contribution in [0, 0.1) is 11.8 Å². The number of rotatable bonds is 4. The zero-order chi connectivity index (χ0) is 14.6. The van der Waals surface area contributed by atoms with Crippen LogP contribution in [0.4, 0.5) is 0 Å². The van der Waals surface area contributed by atoms with Gasteiger partial charge in [0.05, 0.1) is 28.1 Å². The summed E-state index contributed by atoms with van der Waals surface area (Å²) >= 11 is 0. The van der Waals surface area contributed by atoms with Crippen molar-refractivity contribution in [2.75, 3.05) is 20.3 Å². The van der Waals surface area contributed by atoms with Crippen LogP contribution >= 0.6 is 0 Å². The molecule has 0 aromatic rings. The molecule has 0 radical (unpaired) electrons. The van der Waals surface area contributed by atoms with Gasteiger partial charge in [0.25, 0.3) is 0 Å². The molecule has 1 saturated heterocycles. The first kappa shape index (κ1) is 11.4. The highest BCUT2D eigenvalue weighted by Gasteiger charge is 2.41. The molecule has 2 unspecified atom stereocenters. The Kier molecular flexibility index (Phi) is 4.26. The molecule has 5 nitrogen and oxygen atoms in total. The average molecular weight is 248 g/mol. The molecule has 0 aromatic carbocycles. The standard InChI is InChI=1S/C12H23NO4/c1-7-8(2)12(13-9(3)15)10(5-14)17-11(7)6-16-4/h7-8,10-12,14H,5-6H2,1-4H3,(H,13,15)/t7-,8-,10-,11?,12+/m0/s1/i4TD/t4?,7-,8-,10-,11?,12+. The van der Waals surface area contributed by atoms with E-state index in [-0.39, 0.29) is 43.1 Å². The predicted molar refractivity (Wildman–Crippen MR) is 63.6 cm³/mol. The summed E-state index contributed by atoms with van der Waals surface area (Å²) in [5.74, 6) is 0.0508. The van der Waals surface area contributed by atoms with Crippen LogP contribution in [0.25, 0.3) is 0 Å². The molecule has 0 saturated carbocycles. The molecule has 17 heavy (non-hydrogen) atoms. The number of amides is 1. The molecule has 100 valence electrons. The zero-order valence-corrected chi connectivity index (χ0v) is 10.6. The molecule has 0 bridgehead atoms. The number of methoxy groups -OCH3 is 1. The maximum Gasteiger partial charge on any atom is 0.217 e. The third kappa shape index (κ3) is 3.40. The molecule has 2 N–H and O–H groups in total. The molecule has 0 aromatic heterocycles. The molecule has 6 atom stereocenters. The maximum atomic E-state index is 11.2. The third-order valence-electron chi connectivity index (χ3n) is 3.54. The smallest absolute Gasteiger partial charge is 0.217 e. The van der Waals surface area contributed by atoms with Crippen molar-refractivity contribution >= 4 is 5.91 Å². The summed E-state index contributed by atoms with van der Waals surface area (Å²) in [7, 11) is -1.34. The largest absolute Gasteiger partial charge is 0.394 e. The first-order chi connectivity index (χ1) is 8.86. The van der Waals surface area contributed by atoms with E-state index >= 15 is 0 Å². The lowest BCUT2D eigenvalue weighted by Crippen LogP contribution is -2.58. The number of hydrogen-bond acceptors (Lipinski definition) is 4. The second kappa shape index (κ2) is 6.33. The van der Waals surface area contributed by atoms with Crippen molar-refractivity contribution in [3.8, 4) is 0 Å². The Balaban J connectivity index is 2.70. The lowest BCUT2D eigenvalue weighted by molar-refractivity contribution is -0.157. The molecular formula is C12H23NO4. The van der Waals surface area contributed by atoms with Crippen LogP contribution in [0.1, 0.15) is 23.5 Å². The fraction of sp³-hybridized carbons (Fsp3) is 0.917. The molecule has 0 aliphatic carbocycles. The van der Waals surface area contributed by atoms with Crippen LogP contribution in [0.2, 0.25) is 0 Å². The van der Waals surface area contributed by atoms with E-state index in [0.29, 0.717) is 0 Å². The van der Waals surface area contributed by atoms with Gasteiger partial charge in [0.2, 0.25) is 5.91 Å². The highest BCUT2D eigenvalue weighted by Crippen LogP contribution is 2.30. The van der Waals surface area contributed by atoms with E-state index in [0.717, 1.165) is 0 Å². The highest BCUT2D eigenvalue weighted by molar-refractivity contribution is 5.73. The minimum absolute atomic E-state index is 0.0957. The maximum absolute atomic E-state index is 11.2. The lowest BCUT2D eigenvalue weighted by atomic mass is 9.80. The second-order valence-electron chi connectivity index (χ2n) is 4.67. The third-order valence-corrected chi connectivity index (χ3v) is 3.54. The fourth-order valence-corrected chi connectivity index (χ4v) is 2.34. The highest BCUT2D eigenvalue weighted by atomic mass is 16.5. The van der Waals surface area contributed by atoms with E-state index in [1.54, 1.807) is 0 Å². The van der Waals surface area contributed by atoms with Gasteiger partial charge in [0, 0.05) is 14.0 Å². The summed E-state index contributed by atoms with van der Waals surface area (Å²) in [5.41, 5.74) is 0. The van der Waals surface area contributed by atoms with Crippen LogP contribution < -0.4 is 5.32 Å². The quantitative estimate of drug-likeness (QED) is 0.744. The molecule has 1 heterocycles. The van der Waals surface area contributed by atoms with Gasteiger partial charge in [-0.1, -0.05) is 13.8 Å². The van der Waals surface area contributed by atoms with Gasteiger partial charge in [-0.15, -0.1) is 0 Å². The van der Waals surface area contributed by atoms with Crippen molar-refractivity contribution in [1.29, 1.82) is 0 Å². The van der Waals surface area contributed by atoms with Crippen molar-refractivity contribution in [2.24, 2.45) is 11.8 Å². The Morgan fingerprint density at radius 3 is 2.82 bits per heavy atom. The van der Waals surface area contributed by atoms with Gasteiger partial charge in [-0.3, -0.25) is 4.79 Å². The zero-order valence-electron chi connectivity index (χ0n) is 12.6. The molecule has 1 rings (SSSR count). The van der Waals surface area contributed by atoms with Crippen molar-refractivity contribution < 1.29 is 22.1 Å². The molecule has 1 fully saturated rings. The fourth-order valence-electron chi connectivity index (χ4n) is 2.34. The molecule has 1 aliphatic rings. The molecular weight excluding hydrogens is 222 g/mol. The summed E-state index contributed by atoms with van der Waals surface area (Å²) in [6.45, 7) is 5.36.